The fourth-order valence-electron chi connectivity index (χ4n) is 1.57. The number of aryl methyl sites for hydroxylation is 1. The van der Waals surface area contributed by atoms with Crippen molar-refractivity contribution in [1.82, 2.24) is 0 Å². The van der Waals surface area contributed by atoms with Gasteiger partial charge in [-0.05, 0) is 24.6 Å². The molecular weight excluding hydrogens is 311 g/mol. The number of rotatable bonds is 2. The van der Waals surface area contributed by atoms with Gasteiger partial charge in [0.1, 0.15) is 5.75 Å². The van der Waals surface area contributed by atoms with Gasteiger partial charge in [-0.1, -0.05) is 6.07 Å². The Kier molecular flexibility index (Phi) is 4.13. The summed E-state index contributed by atoms with van der Waals surface area (Å²) in [5.74, 6) is -0.377. The van der Waals surface area contributed by atoms with Crippen LogP contribution in [-0.2, 0) is 5.67 Å². The number of ether oxygens (including phenoxy) is 1. The second-order valence-electron chi connectivity index (χ2n) is 4.06. The predicted octanol–water partition coefficient (Wildman–Crippen LogP) is 3.74. The van der Waals surface area contributed by atoms with E-state index in [1.807, 2.05) is 0 Å². The van der Waals surface area contributed by atoms with E-state index in [4.69, 9.17) is 0 Å². The van der Waals surface area contributed by atoms with Crippen molar-refractivity contribution >= 4 is 6.09 Å². The lowest BCUT2D eigenvalue weighted by Crippen LogP contribution is -2.50. The first-order valence-corrected chi connectivity index (χ1v) is 5.21. The first-order chi connectivity index (χ1) is 9.30. The van der Waals surface area contributed by atoms with Gasteiger partial charge >= 0.3 is 24.1 Å². The highest BCUT2D eigenvalue weighted by atomic mass is 19.4. The minimum atomic E-state index is -6.20. The smallest absolute Gasteiger partial charge is 0.410 e. The molecule has 0 unspecified atom stereocenters. The number of halogens is 7. The van der Waals surface area contributed by atoms with Crippen LogP contribution in [0.2, 0.25) is 0 Å². The molecule has 2 N–H and O–H groups in total. The molecule has 0 radical (unpaired) electrons. The summed E-state index contributed by atoms with van der Waals surface area (Å²) >= 11 is 0. The van der Waals surface area contributed by atoms with Crippen LogP contribution in [0.4, 0.5) is 35.5 Å². The third-order valence-electron chi connectivity index (χ3n) is 2.56. The highest BCUT2D eigenvalue weighted by molar-refractivity contribution is 5.68. The zero-order valence-electron chi connectivity index (χ0n) is 10.3. The molecule has 0 atom stereocenters. The molecule has 0 heterocycles. The Hall–Kier alpha value is -2.00. The van der Waals surface area contributed by atoms with E-state index in [-0.39, 0.29) is 17.4 Å². The molecule has 21 heavy (non-hydrogen) atoms. The minimum absolute atomic E-state index is 0.228. The van der Waals surface area contributed by atoms with Gasteiger partial charge in [-0.25, -0.2) is 9.18 Å². The molecule has 0 fully saturated rings. The summed E-state index contributed by atoms with van der Waals surface area (Å²) in [6.07, 6.45) is -13.7. The van der Waals surface area contributed by atoms with Crippen LogP contribution in [0, 0.1) is 6.92 Å². The summed E-state index contributed by atoms with van der Waals surface area (Å²) in [5, 5.41) is 0. The van der Waals surface area contributed by atoms with E-state index in [0.29, 0.717) is 12.1 Å². The number of amides is 1. The molecule has 118 valence electrons. The van der Waals surface area contributed by atoms with Gasteiger partial charge in [0.15, 0.2) is 0 Å². The Bertz CT molecular complexity index is 536. The third kappa shape index (κ3) is 3.03. The number of primary amides is 1. The van der Waals surface area contributed by atoms with Crippen molar-refractivity contribution in [2.24, 2.45) is 5.73 Å². The third-order valence-corrected chi connectivity index (χ3v) is 2.56. The van der Waals surface area contributed by atoms with Gasteiger partial charge in [-0.3, -0.25) is 0 Å². The van der Waals surface area contributed by atoms with Crippen LogP contribution in [-0.4, -0.2) is 18.4 Å². The highest BCUT2D eigenvalue weighted by Gasteiger charge is 2.73. The Balaban J connectivity index is 3.42. The van der Waals surface area contributed by atoms with Crippen molar-refractivity contribution < 1.29 is 40.3 Å². The van der Waals surface area contributed by atoms with Crippen molar-refractivity contribution in [1.29, 1.82) is 0 Å². The molecule has 0 bridgehead atoms. The summed E-state index contributed by atoms with van der Waals surface area (Å²) in [4.78, 5) is 10.5. The average molecular weight is 319 g/mol. The molecular formula is C11H8F7NO2. The molecule has 10 heteroatoms. The zero-order chi connectivity index (χ0) is 16.6. The fourth-order valence-corrected chi connectivity index (χ4v) is 1.57. The molecule has 0 saturated carbocycles. The van der Waals surface area contributed by atoms with Gasteiger partial charge in [0.25, 0.3) is 0 Å². The molecule has 0 saturated heterocycles. The second kappa shape index (κ2) is 5.08. The number of carbonyl (C=O) groups excluding carboxylic acids is 1. The van der Waals surface area contributed by atoms with Crippen LogP contribution in [0.15, 0.2) is 18.2 Å². The Labute approximate surface area is 113 Å². The molecule has 1 rings (SSSR count). The van der Waals surface area contributed by atoms with Crippen LogP contribution in [0.25, 0.3) is 0 Å². The van der Waals surface area contributed by atoms with E-state index in [2.05, 4.69) is 10.5 Å². The standard InChI is InChI=1S/C11H8F7NO2/c1-5-4-6(2-3-7(5)21-8(19)20)9(12,10(13,14)15)11(16,17)18/h2-4H,1H3,(H2,19,20). The van der Waals surface area contributed by atoms with Gasteiger partial charge in [-0.2, -0.15) is 26.3 Å². The molecule has 0 aliphatic heterocycles. The summed E-state index contributed by atoms with van der Waals surface area (Å²) in [5.41, 5.74) is -2.86. The van der Waals surface area contributed by atoms with Crippen molar-refractivity contribution in [2.45, 2.75) is 24.9 Å². The number of alkyl halides is 7. The zero-order valence-corrected chi connectivity index (χ0v) is 10.3. The first kappa shape index (κ1) is 17.1. The van der Waals surface area contributed by atoms with Crippen molar-refractivity contribution in [3.8, 4) is 5.75 Å². The van der Waals surface area contributed by atoms with Crippen LogP contribution in [0.1, 0.15) is 11.1 Å². The number of benzene rings is 1. The maximum absolute atomic E-state index is 13.7. The van der Waals surface area contributed by atoms with E-state index >= 15 is 0 Å². The van der Waals surface area contributed by atoms with E-state index in [1.54, 1.807) is 0 Å². The number of hydrogen-bond acceptors (Lipinski definition) is 2. The quantitative estimate of drug-likeness (QED) is 0.844. The SMILES string of the molecule is Cc1cc(C(F)(C(F)(F)F)C(F)(F)F)ccc1OC(N)=O. The molecule has 0 spiro atoms. The van der Waals surface area contributed by atoms with Gasteiger partial charge in [0.05, 0.1) is 0 Å². The Morgan fingerprint density at radius 1 is 1.05 bits per heavy atom. The maximum Gasteiger partial charge on any atom is 0.435 e. The topological polar surface area (TPSA) is 52.3 Å². The van der Waals surface area contributed by atoms with E-state index in [9.17, 15) is 35.5 Å². The molecule has 1 aromatic rings. The second-order valence-corrected chi connectivity index (χ2v) is 4.06. The number of nitrogens with two attached hydrogens (primary N) is 1. The highest BCUT2D eigenvalue weighted by Crippen LogP contribution is 2.53. The fraction of sp³-hybridized carbons (Fsp3) is 0.364. The maximum atomic E-state index is 13.7. The molecule has 0 aliphatic rings. The number of carbonyl (C=O) groups is 1. The van der Waals surface area contributed by atoms with Gasteiger partial charge < -0.3 is 10.5 Å². The lowest BCUT2D eigenvalue weighted by molar-refractivity contribution is -0.348. The Morgan fingerprint density at radius 3 is 1.86 bits per heavy atom. The lowest BCUT2D eigenvalue weighted by Gasteiger charge is -2.30. The first-order valence-electron chi connectivity index (χ1n) is 5.21. The molecule has 3 nitrogen and oxygen atoms in total. The van der Waals surface area contributed by atoms with Crippen LogP contribution < -0.4 is 10.5 Å². The summed E-state index contributed by atoms with van der Waals surface area (Å²) in [7, 11) is 0. The van der Waals surface area contributed by atoms with Crippen LogP contribution in [0.5, 0.6) is 5.75 Å². The Morgan fingerprint density at radius 2 is 1.52 bits per heavy atom. The van der Waals surface area contributed by atoms with Crippen molar-refractivity contribution in [3.63, 3.8) is 0 Å². The minimum Gasteiger partial charge on any atom is -0.410 e. The summed E-state index contributed by atoms with van der Waals surface area (Å²) in [6.45, 7) is 1.04. The molecule has 0 aliphatic carbocycles. The summed E-state index contributed by atoms with van der Waals surface area (Å²) < 4.78 is 93.2. The van der Waals surface area contributed by atoms with Gasteiger partial charge in [0, 0.05) is 5.56 Å². The monoisotopic (exact) mass is 319 g/mol. The lowest BCUT2D eigenvalue weighted by atomic mass is 9.92. The average Bonchev–Trinajstić information content (AvgIpc) is 2.27. The van der Waals surface area contributed by atoms with E-state index < -0.39 is 29.7 Å². The van der Waals surface area contributed by atoms with E-state index in [1.165, 1.54) is 0 Å². The number of hydrogen-bond donors (Lipinski definition) is 1. The molecule has 1 aromatic carbocycles. The van der Waals surface area contributed by atoms with Crippen molar-refractivity contribution in [3.05, 3.63) is 29.3 Å². The molecule has 0 aromatic heterocycles. The largest absolute Gasteiger partial charge is 0.435 e. The van der Waals surface area contributed by atoms with Crippen LogP contribution in [0.3, 0.4) is 0 Å². The van der Waals surface area contributed by atoms with Crippen LogP contribution >= 0.6 is 0 Å². The van der Waals surface area contributed by atoms with Gasteiger partial charge in [-0.15, -0.1) is 0 Å². The molecule has 1 amide bonds. The van der Waals surface area contributed by atoms with Crippen molar-refractivity contribution in [2.75, 3.05) is 0 Å². The normalized spacial score (nSPS) is 13.1. The van der Waals surface area contributed by atoms with Gasteiger partial charge in [0.2, 0.25) is 0 Å². The summed E-state index contributed by atoms with van der Waals surface area (Å²) in [6, 6.07) is 1.12. The van der Waals surface area contributed by atoms with E-state index in [0.717, 1.165) is 6.92 Å². The predicted molar refractivity (Wildman–Crippen MR) is 56.3 cm³/mol.